The Hall–Kier alpha value is -2.66. The molecule has 21 heavy (non-hydrogen) atoms. The van der Waals surface area contributed by atoms with Crippen molar-refractivity contribution < 1.29 is 19.8 Å². The van der Waals surface area contributed by atoms with E-state index in [1.165, 1.54) is 0 Å². The molecule has 2 aromatic rings. The Morgan fingerprint density at radius 1 is 1.00 bits per heavy atom. The maximum Gasteiger partial charge on any atom is 0.330 e. The summed E-state index contributed by atoms with van der Waals surface area (Å²) in [4.78, 5) is 23.4. The lowest BCUT2D eigenvalue weighted by Gasteiger charge is -2.15. The molecule has 0 saturated heterocycles. The number of rotatable bonds is 5. The van der Waals surface area contributed by atoms with E-state index in [2.05, 4.69) is 5.32 Å². The number of nitrogens with one attached hydrogen (secondary N) is 1. The molecule has 0 aromatic heterocycles. The van der Waals surface area contributed by atoms with Crippen molar-refractivity contribution in [2.75, 3.05) is 0 Å². The van der Waals surface area contributed by atoms with Crippen molar-refractivity contribution in [3.63, 3.8) is 0 Å². The van der Waals surface area contributed by atoms with Crippen molar-refractivity contribution in [1.29, 1.82) is 0 Å². The highest BCUT2D eigenvalue weighted by Gasteiger charge is 2.22. The number of hydrogen-bond donors (Lipinski definition) is 3. The molecular formula is C16H15NO4. The van der Waals surface area contributed by atoms with Crippen molar-refractivity contribution in [2.45, 2.75) is 12.6 Å². The maximum absolute atomic E-state index is 12.1. The van der Waals surface area contributed by atoms with Gasteiger partial charge < -0.3 is 15.5 Å². The Kier molecular flexibility index (Phi) is 4.68. The smallest absolute Gasteiger partial charge is 0.330 e. The van der Waals surface area contributed by atoms with Gasteiger partial charge in [0.2, 0.25) is 0 Å². The third-order valence-corrected chi connectivity index (χ3v) is 3.05. The molecule has 0 radical (unpaired) electrons. The van der Waals surface area contributed by atoms with E-state index < -0.39 is 17.9 Å². The van der Waals surface area contributed by atoms with E-state index in [0.717, 1.165) is 0 Å². The van der Waals surface area contributed by atoms with Gasteiger partial charge in [0.1, 0.15) is 0 Å². The minimum Gasteiger partial charge on any atom is -0.479 e. The largest absolute Gasteiger partial charge is 0.479 e. The quantitative estimate of drug-likeness (QED) is 0.781. The third-order valence-electron chi connectivity index (χ3n) is 3.05. The second kappa shape index (κ2) is 6.67. The predicted octanol–water partition coefficient (Wildman–Crippen LogP) is 1.73. The Bertz CT molecular complexity index is 622. The first-order chi connectivity index (χ1) is 10.1. The molecule has 5 heteroatoms. The summed E-state index contributed by atoms with van der Waals surface area (Å²) >= 11 is 0. The van der Waals surface area contributed by atoms with Crippen LogP contribution in [0.4, 0.5) is 0 Å². The molecule has 2 rings (SSSR count). The predicted molar refractivity (Wildman–Crippen MR) is 76.6 cm³/mol. The normalized spacial score (nSPS) is 11.7. The molecule has 0 bridgehead atoms. The number of carbonyl (C=O) groups is 2. The summed E-state index contributed by atoms with van der Waals surface area (Å²) < 4.78 is 0. The number of carboxylic acid groups (broad SMARTS) is 1. The highest BCUT2D eigenvalue weighted by atomic mass is 16.4. The van der Waals surface area contributed by atoms with Crippen LogP contribution in [0.1, 0.15) is 27.5 Å². The SMILES string of the molecule is O=C(NC(C(=O)O)c1ccccc1)c1ccc(CO)cc1. The number of benzene rings is 2. The van der Waals surface area contributed by atoms with Crippen LogP contribution in [-0.4, -0.2) is 22.1 Å². The minimum absolute atomic E-state index is 0.107. The van der Waals surface area contributed by atoms with Crippen molar-refractivity contribution in [3.05, 3.63) is 71.3 Å². The monoisotopic (exact) mass is 285 g/mol. The van der Waals surface area contributed by atoms with Crippen LogP contribution in [0.25, 0.3) is 0 Å². The standard InChI is InChI=1S/C16H15NO4/c18-10-11-6-8-13(9-7-11)15(19)17-14(16(20)21)12-4-2-1-3-5-12/h1-9,14,18H,10H2,(H,17,19)(H,20,21). The molecule has 5 nitrogen and oxygen atoms in total. The molecule has 0 spiro atoms. The van der Waals surface area contributed by atoms with Crippen LogP contribution in [0.3, 0.4) is 0 Å². The average Bonchev–Trinajstić information content (AvgIpc) is 2.53. The van der Waals surface area contributed by atoms with Crippen LogP contribution in [0.5, 0.6) is 0 Å². The Morgan fingerprint density at radius 2 is 1.62 bits per heavy atom. The van der Waals surface area contributed by atoms with Crippen molar-refractivity contribution in [2.24, 2.45) is 0 Å². The van der Waals surface area contributed by atoms with Gasteiger partial charge in [0.05, 0.1) is 6.61 Å². The highest BCUT2D eigenvalue weighted by molar-refractivity contribution is 5.96. The molecule has 1 atom stereocenters. The molecule has 0 fully saturated rings. The first kappa shape index (κ1) is 14.7. The van der Waals surface area contributed by atoms with E-state index in [1.807, 2.05) is 0 Å². The fraction of sp³-hybridized carbons (Fsp3) is 0.125. The second-order valence-corrected chi connectivity index (χ2v) is 4.51. The molecule has 1 amide bonds. The molecule has 1 unspecified atom stereocenters. The van der Waals surface area contributed by atoms with Crippen molar-refractivity contribution in [1.82, 2.24) is 5.32 Å². The lowest BCUT2D eigenvalue weighted by molar-refractivity contribution is -0.139. The number of aliphatic hydroxyl groups excluding tert-OH is 1. The summed E-state index contributed by atoms with van der Waals surface area (Å²) in [7, 11) is 0. The molecule has 0 saturated carbocycles. The average molecular weight is 285 g/mol. The first-order valence-electron chi connectivity index (χ1n) is 6.40. The van der Waals surface area contributed by atoms with Crippen LogP contribution in [0, 0.1) is 0 Å². The van der Waals surface area contributed by atoms with Crippen molar-refractivity contribution in [3.8, 4) is 0 Å². The zero-order valence-electron chi connectivity index (χ0n) is 11.2. The van der Waals surface area contributed by atoms with E-state index >= 15 is 0 Å². The van der Waals surface area contributed by atoms with E-state index in [1.54, 1.807) is 54.6 Å². The molecule has 108 valence electrons. The number of aliphatic carboxylic acids is 1. The number of aliphatic hydroxyl groups is 1. The Morgan fingerprint density at radius 3 is 2.14 bits per heavy atom. The van der Waals surface area contributed by atoms with Gasteiger partial charge in [0.15, 0.2) is 6.04 Å². The molecule has 3 N–H and O–H groups in total. The second-order valence-electron chi connectivity index (χ2n) is 4.51. The van der Waals surface area contributed by atoms with Crippen LogP contribution >= 0.6 is 0 Å². The number of hydrogen-bond acceptors (Lipinski definition) is 3. The Balaban J connectivity index is 2.16. The van der Waals surface area contributed by atoms with Crippen LogP contribution in [-0.2, 0) is 11.4 Å². The fourth-order valence-corrected chi connectivity index (χ4v) is 1.91. The summed E-state index contributed by atoms with van der Waals surface area (Å²) in [6.45, 7) is -0.107. The van der Waals surface area contributed by atoms with E-state index in [4.69, 9.17) is 5.11 Å². The van der Waals surface area contributed by atoms with Crippen LogP contribution < -0.4 is 5.32 Å². The highest BCUT2D eigenvalue weighted by Crippen LogP contribution is 2.14. The zero-order valence-corrected chi connectivity index (χ0v) is 11.2. The van der Waals surface area contributed by atoms with Gasteiger partial charge in [-0.15, -0.1) is 0 Å². The molecule has 0 aliphatic heterocycles. The van der Waals surface area contributed by atoms with Gasteiger partial charge in [0, 0.05) is 5.56 Å². The minimum atomic E-state index is -1.12. The van der Waals surface area contributed by atoms with Crippen LogP contribution in [0.2, 0.25) is 0 Å². The van der Waals surface area contributed by atoms with E-state index in [-0.39, 0.29) is 6.61 Å². The number of amides is 1. The summed E-state index contributed by atoms with van der Waals surface area (Å²) in [5, 5.41) is 20.7. The van der Waals surface area contributed by atoms with E-state index in [0.29, 0.717) is 16.7 Å². The molecular weight excluding hydrogens is 270 g/mol. The Labute approximate surface area is 121 Å². The van der Waals surface area contributed by atoms with E-state index in [9.17, 15) is 14.7 Å². The lowest BCUT2D eigenvalue weighted by atomic mass is 10.1. The summed E-state index contributed by atoms with van der Waals surface area (Å²) in [6, 6.07) is 13.7. The van der Waals surface area contributed by atoms with Gasteiger partial charge in [-0.05, 0) is 23.3 Å². The van der Waals surface area contributed by atoms with Gasteiger partial charge in [-0.25, -0.2) is 4.79 Å². The fourth-order valence-electron chi connectivity index (χ4n) is 1.91. The third kappa shape index (κ3) is 3.67. The first-order valence-corrected chi connectivity index (χ1v) is 6.40. The molecule has 0 heterocycles. The number of carbonyl (C=O) groups excluding carboxylic acids is 1. The van der Waals surface area contributed by atoms with Gasteiger partial charge in [-0.3, -0.25) is 4.79 Å². The number of carboxylic acids is 1. The van der Waals surface area contributed by atoms with Gasteiger partial charge in [-0.2, -0.15) is 0 Å². The van der Waals surface area contributed by atoms with Crippen molar-refractivity contribution >= 4 is 11.9 Å². The summed E-state index contributed by atoms with van der Waals surface area (Å²) in [5.74, 6) is -1.60. The topological polar surface area (TPSA) is 86.6 Å². The maximum atomic E-state index is 12.1. The molecule has 2 aromatic carbocycles. The summed E-state index contributed by atoms with van der Waals surface area (Å²) in [5.41, 5.74) is 1.53. The van der Waals surface area contributed by atoms with Gasteiger partial charge >= 0.3 is 5.97 Å². The van der Waals surface area contributed by atoms with Gasteiger partial charge in [0.25, 0.3) is 5.91 Å². The molecule has 0 aliphatic carbocycles. The molecule has 0 aliphatic rings. The zero-order chi connectivity index (χ0) is 15.2. The van der Waals surface area contributed by atoms with Crippen LogP contribution in [0.15, 0.2) is 54.6 Å². The van der Waals surface area contributed by atoms with Gasteiger partial charge in [-0.1, -0.05) is 42.5 Å². The summed E-state index contributed by atoms with van der Waals surface area (Å²) in [6.07, 6.45) is 0. The lowest BCUT2D eigenvalue weighted by Crippen LogP contribution is -2.33.